The van der Waals surface area contributed by atoms with Crippen molar-refractivity contribution >= 4 is 11.0 Å². The lowest BCUT2D eigenvalue weighted by Crippen LogP contribution is -2.04. The van der Waals surface area contributed by atoms with Crippen molar-refractivity contribution in [2.45, 2.75) is 6.61 Å². The van der Waals surface area contributed by atoms with Crippen LogP contribution >= 0.6 is 0 Å². The van der Waals surface area contributed by atoms with Crippen LogP contribution < -0.4 is 9.47 Å². The summed E-state index contributed by atoms with van der Waals surface area (Å²) in [5.41, 5.74) is 4.55. The van der Waals surface area contributed by atoms with Crippen LogP contribution in [0, 0.1) is 5.95 Å². The van der Waals surface area contributed by atoms with Gasteiger partial charge < -0.3 is 9.47 Å². The van der Waals surface area contributed by atoms with Crippen LogP contribution in [0.1, 0.15) is 5.56 Å². The molecule has 0 atom stereocenters. The zero-order valence-electron chi connectivity index (χ0n) is 17.9. The highest BCUT2D eigenvalue weighted by Gasteiger charge is 2.20. The molecule has 9 heteroatoms. The smallest absolute Gasteiger partial charge is 0.258 e. The van der Waals surface area contributed by atoms with Gasteiger partial charge in [-0.05, 0) is 12.1 Å². The van der Waals surface area contributed by atoms with Gasteiger partial charge in [0.1, 0.15) is 29.8 Å². The Bertz CT molecular complexity index is 1440. The number of pyridine rings is 2. The summed E-state index contributed by atoms with van der Waals surface area (Å²) in [5.74, 6) is -0.00971. The van der Waals surface area contributed by atoms with Gasteiger partial charge in [0.05, 0.1) is 12.6 Å². The fourth-order valence-electron chi connectivity index (χ4n) is 3.54. The standard InChI is InChI=1S/C24H19FN6O2/c1-31-12-17(20(30-31)15-7-4-3-5-8-15)21-22-18(27-14-28-21)11-19(32-2)24(29-22)33-13-16-9-6-10-26-23(16)25/h3-12,14H,13H2,1-2H3. The second kappa shape index (κ2) is 8.62. The number of ether oxygens (including phenoxy) is 2. The molecule has 4 aromatic heterocycles. The maximum absolute atomic E-state index is 13.9. The molecular weight excluding hydrogens is 423 g/mol. The van der Waals surface area contributed by atoms with E-state index < -0.39 is 5.95 Å². The van der Waals surface area contributed by atoms with Gasteiger partial charge in [-0.3, -0.25) is 4.68 Å². The molecule has 33 heavy (non-hydrogen) atoms. The molecule has 0 aliphatic carbocycles. The normalized spacial score (nSPS) is 11.0. The number of hydrogen-bond donors (Lipinski definition) is 0. The van der Waals surface area contributed by atoms with Crippen molar-refractivity contribution in [3.05, 3.63) is 78.8 Å². The fourth-order valence-corrected chi connectivity index (χ4v) is 3.54. The van der Waals surface area contributed by atoms with Crippen molar-refractivity contribution in [3.8, 4) is 34.1 Å². The maximum atomic E-state index is 13.9. The summed E-state index contributed by atoms with van der Waals surface area (Å²) in [4.78, 5) is 17.2. The number of methoxy groups -OCH3 is 1. The Balaban J connectivity index is 1.62. The van der Waals surface area contributed by atoms with Crippen LogP contribution in [-0.4, -0.2) is 36.8 Å². The minimum absolute atomic E-state index is 0.0558. The third-order valence-electron chi connectivity index (χ3n) is 5.09. The van der Waals surface area contributed by atoms with E-state index in [0.29, 0.717) is 28.0 Å². The number of nitrogens with zero attached hydrogens (tertiary/aromatic N) is 6. The molecule has 0 spiro atoms. The van der Waals surface area contributed by atoms with Gasteiger partial charge >= 0.3 is 0 Å². The number of rotatable bonds is 6. The third-order valence-corrected chi connectivity index (χ3v) is 5.09. The predicted molar refractivity (Wildman–Crippen MR) is 120 cm³/mol. The van der Waals surface area contributed by atoms with Gasteiger partial charge in [0.25, 0.3) is 5.88 Å². The highest BCUT2D eigenvalue weighted by Crippen LogP contribution is 2.36. The van der Waals surface area contributed by atoms with Crippen molar-refractivity contribution in [1.82, 2.24) is 29.7 Å². The number of fused-ring (bicyclic) bond motifs is 1. The summed E-state index contributed by atoms with van der Waals surface area (Å²) in [5, 5.41) is 4.63. The summed E-state index contributed by atoms with van der Waals surface area (Å²) in [6.45, 7) is -0.0558. The van der Waals surface area contributed by atoms with E-state index in [9.17, 15) is 4.39 Å². The molecule has 0 amide bonds. The molecule has 0 fully saturated rings. The maximum Gasteiger partial charge on any atom is 0.258 e. The topological polar surface area (TPSA) is 87.8 Å². The summed E-state index contributed by atoms with van der Waals surface area (Å²) in [7, 11) is 3.36. The zero-order valence-corrected chi connectivity index (χ0v) is 17.9. The van der Waals surface area contributed by atoms with E-state index in [0.717, 1.165) is 16.8 Å². The van der Waals surface area contributed by atoms with Gasteiger partial charge in [-0.25, -0.2) is 19.9 Å². The molecule has 0 saturated carbocycles. The van der Waals surface area contributed by atoms with Crippen LogP contribution in [-0.2, 0) is 13.7 Å². The van der Waals surface area contributed by atoms with Crippen LogP contribution in [0.5, 0.6) is 11.6 Å². The number of benzene rings is 1. The van der Waals surface area contributed by atoms with Crippen molar-refractivity contribution in [2.75, 3.05) is 7.11 Å². The second-order valence-electron chi connectivity index (χ2n) is 7.26. The molecule has 164 valence electrons. The molecule has 0 aliphatic heterocycles. The summed E-state index contributed by atoms with van der Waals surface area (Å²) in [6, 6.07) is 14.8. The Labute approximate surface area is 188 Å². The first-order chi connectivity index (χ1) is 16.1. The molecule has 8 nitrogen and oxygen atoms in total. The van der Waals surface area contributed by atoms with Gasteiger partial charge in [0.2, 0.25) is 5.95 Å². The number of halogens is 1. The largest absolute Gasteiger partial charge is 0.491 e. The number of aryl methyl sites for hydroxylation is 1. The van der Waals surface area contributed by atoms with Crippen LogP contribution in [0.3, 0.4) is 0 Å². The van der Waals surface area contributed by atoms with Crippen LogP contribution in [0.25, 0.3) is 33.5 Å². The van der Waals surface area contributed by atoms with E-state index >= 15 is 0 Å². The van der Waals surface area contributed by atoms with Crippen molar-refractivity contribution < 1.29 is 13.9 Å². The SMILES string of the molecule is COc1cc2ncnc(-c3cn(C)nc3-c3ccccc3)c2nc1OCc1cccnc1F. The molecule has 0 aliphatic rings. The highest BCUT2D eigenvalue weighted by molar-refractivity contribution is 5.94. The van der Waals surface area contributed by atoms with Crippen molar-refractivity contribution in [2.24, 2.45) is 7.05 Å². The Morgan fingerprint density at radius 2 is 1.85 bits per heavy atom. The van der Waals surface area contributed by atoms with E-state index in [4.69, 9.17) is 9.47 Å². The molecule has 0 N–H and O–H groups in total. The number of hydrogen-bond acceptors (Lipinski definition) is 7. The summed E-state index contributed by atoms with van der Waals surface area (Å²) in [6.07, 6.45) is 4.75. The minimum atomic E-state index is -0.593. The molecule has 1 aromatic carbocycles. The minimum Gasteiger partial charge on any atom is -0.491 e. The highest BCUT2D eigenvalue weighted by atomic mass is 19.1. The van der Waals surface area contributed by atoms with Gasteiger partial charge in [-0.2, -0.15) is 9.49 Å². The van der Waals surface area contributed by atoms with Gasteiger partial charge in [0.15, 0.2) is 5.75 Å². The monoisotopic (exact) mass is 442 g/mol. The lowest BCUT2D eigenvalue weighted by atomic mass is 10.0. The average molecular weight is 442 g/mol. The first-order valence-electron chi connectivity index (χ1n) is 10.2. The van der Waals surface area contributed by atoms with Gasteiger partial charge in [-0.1, -0.05) is 30.3 Å². The summed E-state index contributed by atoms with van der Waals surface area (Å²) >= 11 is 0. The Kier molecular flexibility index (Phi) is 5.35. The third kappa shape index (κ3) is 3.96. The first-order valence-corrected chi connectivity index (χ1v) is 10.2. The summed E-state index contributed by atoms with van der Waals surface area (Å²) < 4.78 is 26.9. The lowest BCUT2D eigenvalue weighted by Gasteiger charge is -2.12. The molecule has 5 rings (SSSR count). The molecule has 0 bridgehead atoms. The predicted octanol–water partition coefficient (Wildman–Crippen LogP) is 4.21. The van der Waals surface area contributed by atoms with Gasteiger partial charge in [-0.15, -0.1) is 0 Å². The zero-order chi connectivity index (χ0) is 22.8. The average Bonchev–Trinajstić information content (AvgIpc) is 3.24. The van der Waals surface area contributed by atoms with E-state index in [2.05, 4.69) is 25.0 Å². The van der Waals surface area contributed by atoms with Crippen LogP contribution in [0.2, 0.25) is 0 Å². The number of aromatic nitrogens is 6. The first kappa shape index (κ1) is 20.5. The molecule has 0 unspecified atom stereocenters. The van der Waals surface area contributed by atoms with Crippen LogP contribution in [0.4, 0.5) is 4.39 Å². The van der Waals surface area contributed by atoms with E-state index in [-0.39, 0.29) is 12.5 Å². The van der Waals surface area contributed by atoms with Crippen molar-refractivity contribution in [3.63, 3.8) is 0 Å². The van der Waals surface area contributed by atoms with E-state index in [1.54, 1.807) is 22.9 Å². The van der Waals surface area contributed by atoms with Crippen molar-refractivity contribution in [1.29, 1.82) is 0 Å². The fraction of sp³-hybridized carbons (Fsp3) is 0.125. The Hall–Kier alpha value is -4.40. The molecule has 0 radical (unpaired) electrons. The van der Waals surface area contributed by atoms with E-state index in [1.165, 1.54) is 19.6 Å². The Morgan fingerprint density at radius 3 is 2.64 bits per heavy atom. The lowest BCUT2D eigenvalue weighted by molar-refractivity contribution is 0.268. The molecular formula is C24H19FN6O2. The van der Waals surface area contributed by atoms with E-state index in [1.807, 2.05) is 43.6 Å². The Morgan fingerprint density at radius 1 is 1.00 bits per heavy atom. The van der Waals surface area contributed by atoms with Gasteiger partial charge in [0, 0.05) is 42.2 Å². The molecule has 5 aromatic rings. The molecule has 4 heterocycles. The molecule has 0 saturated heterocycles. The quantitative estimate of drug-likeness (QED) is 0.364. The van der Waals surface area contributed by atoms with Crippen LogP contribution in [0.15, 0.2) is 67.3 Å². The second-order valence-corrected chi connectivity index (χ2v) is 7.26.